The number of carbonyl (C=O) groups excluding carboxylic acids is 3. The van der Waals surface area contributed by atoms with Crippen LogP contribution in [-0.4, -0.2) is 51.1 Å². The minimum atomic E-state index is -5.31. The van der Waals surface area contributed by atoms with E-state index in [1.807, 2.05) is 0 Å². The number of ether oxygens (including phenoxy) is 1. The molecule has 1 aliphatic rings. The molecular formula is C14H12F3N5O4S. The topological polar surface area (TPSA) is 142 Å². The molecule has 0 saturated carbocycles. The lowest BCUT2D eigenvalue weighted by molar-refractivity contribution is -0.213. The van der Waals surface area contributed by atoms with Gasteiger partial charge in [0.05, 0.1) is 10.2 Å². The number of nitrogen functional groups attached to an aromatic ring is 1. The lowest BCUT2D eigenvalue weighted by atomic mass is 9.93. The molecule has 0 unspecified atom stereocenters. The minimum Gasteiger partial charge on any atom is -0.442 e. The van der Waals surface area contributed by atoms with Crippen LogP contribution in [0, 0.1) is 0 Å². The molecular weight excluding hydrogens is 391 g/mol. The first kappa shape index (κ1) is 18.8. The van der Waals surface area contributed by atoms with Gasteiger partial charge in [0.25, 0.3) is 5.91 Å². The SMILES string of the molecule is NC(=O)N1CC[C@](Cc2csc3c(N)ncnc23)(OC(=O)C(F)(F)F)C1=O. The van der Waals surface area contributed by atoms with Gasteiger partial charge in [-0.3, -0.25) is 9.69 Å². The molecule has 0 spiro atoms. The van der Waals surface area contributed by atoms with Crippen LogP contribution in [0.2, 0.25) is 0 Å². The van der Waals surface area contributed by atoms with Crippen LogP contribution in [0.25, 0.3) is 10.2 Å². The van der Waals surface area contributed by atoms with E-state index in [-0.39, 0.29) is 18.8 Å². The number of primary amides is 1. The summed E-state index contributed by atoms with van der Waals surface area (Å²) >= 11 is 1.13. The number of aromatic nitrogens is 2. The van der Waals surface area contributed by atoms with Crippen molar-refractivity contribution in [2.45, 2.75) is 24.6 Å². The number of urea groups is 1. The molecule has 3 heterocycles. The Morgan fingerprint density at radius 2 is 2.07 bits per heavy atom. The maximum atomic E-state index is 12.7. The van der Waals surface area contributed by atoms with Gasteiger partial charge in [-0.15, -0.1) is 11.3 Å². The number of alkyl halides is 3. The van der Waals surface area contributed by atoms with Crippen LogP contribution in [0.1, 0.15) is 12.0 Å². The van der Waals surface area contributed by atoms with Gasteiger partial charge in [0.1, 0.15) is 12.1 Å². The highest BCUT2D eigenvalue weighted by Crippen LogP contribution is 2.37. The monoisotopic (exact) mass is 403 g/mol. The second kappa shape index (κ2) is 6.33. The summed E-state index contributed by atoms with van der Waals surface area (Å²) < 4.78 is 43.2. The van der Waals surface area contributed by atoms with Gasteiger partial charge >= 0.3 is 18.2 Å². The number of amides is 3. The van der Waals surface area contributed by atoms with Crippen molar-refractivity contribution in [3.8, 4) is 0 Å². The van der Waals surface area contributed by atoms with Gasteiger partial charge in [0, 0.05) is 19.4 Å². The normalized spacial score (nSPS) is 20.3. The molecule has 3 amide bonds. The molecule has 0 radical (unpaired) electrons. The lowest BCUT2D eigenvalue weighted by Gasteiger charge is -2.27. The third-order valence-corrected chi connectivity index (χ3v) is 5.13. The van der Waals surface area contributed by atoms with E-state index in [1.54, 1.807) is 0 Å². The maximum Gasteiger partial charge on any atom is 0.490 e. The van der Waals surface area contributed by atoms with Crippen LogP contribution < -0.4 is 11.5 Å². The van der Waals surface area contributed by atoms with Gasteiger partial charge < -0.3 is 16.2 Å². The molecule has 0 bridgehead atoms. The number of esters is 1. The Balaban J connectivity index is 2.02. The van der Waals surface area contributed by atoms with Crippen molar-refractivity contribution in [1.82, 2.24) is 14.9 Å². The quantitative estimate of drug-likeness (QED) is 0.727. The van der Waals surface area contributed by atoms with Gasteiger partial charge in [-0.25, -0.2) is 19.6 Å². The Morgan fingerprint density at radius 1 is 1.37 bits per heavy atom. The number of fused-ring (bicyclic) bond motifs is 1. The minimum absolute atomic E-state index is 0.161. The standard InChI is InChI=1S/C14H12F3N5O4S/c15-14(16,17)11(24)26-13(1-2-22(10(13)23)12(19)25)3-6-4-27-8-7(6)20-5-21-9(8)18/h4-5H,1-3H2,(H2,19,25)(H2,18,20,21)/t13-/m1/s1. The highest BCUT2D eigenvalue weighted by atomic mass is 32.1. The van der Waals surface area contributed by atoms with E-state index in [0.29, 0.717) is 20.7 Å². The number of nitrogens with zero attached hydrogens (tertiary/aromatic N) is 3. The zero-order chi connectivity index (χ0) is 20.0. The fraction of sp³-hybridized carbons (Fsp3) is 0.357. The number of nitrogens with two attached hydrogens (primary N) is 2. The van der Waals surface area contributed by atoms with Crippen LogP contribution in [-0.2, 0) is 20.7 Å². The highest BCUT2D eigenvalue weighted by Gasteiger charge is 2.55. The maximum absolute atomic E-state index is 12.7. The van der Waals surface area contributed by atoms with Crippen molar-refractivity contribution in [2.24, 2.45) is 5.73 Å². The van der Waals surface area contributed by atoms with Gasteiger partial charge in [-0.05, 0) is 10.9 Å². The number of thiophene rings is 1. The summed E-state index contributed by atoms with van der Waals surface area (Å²) in [7, 11) is 0. The molecule has 0 aliphatic carbocycles. The summed E-state index contributed by atoms with van der Waals surface area (Å²) in [6.45, 7) is -0.279. The van der Waals surface area contributed by atoms with Crippen molar-refractivity contribution in [3.05, 3.63) is 17.3 Å². The van der Waals surface area contributed by atoms with Crippen molar-refractivity contribution in [2.75, 3.05) is 12.3 Å². The zero-order valence-corrected chi connectivity index (χ0v) is 14.3. The first-order valence-corrected chi connectivity index (χ1v) is 8.31. The Morgan fingerprint density at radius 3 is 2.67 bits per heavy atom. The Bertz CT molecular complexity index is 946. The smallest absolute Gasteiger partial charge is 0.442 e. The number of anilines is 1. The largest absolute Gasteiger partial charge is 0.490 e. The van der Waals surface area contributed by atoms with Crippen LogP contribution in [0.5, 0.6) is 0 Å². The summed E-state index contributed by atoms with van der Waals surface area (Å²) in [5.74, 6) is -3.49. The van der Waals surface area contributed by atoms with Crippen molar-refractivity contribution in [1.29, 1.82) is 0 Å². The average molecular weight is 403 g/mol. The average Bonchev–Trinajstić information content (AvgIpc) is 3.11. The van der Waals surface area contributed by atoms with Gasteiger partial charge in [0.15, 0.2) is 5.60 Å². The third-order valence-electron chi connectivity index (χ3n) is 4.09. The third kappa shape index (κ3) is 3.25. The highest BCUT2D eigenvalue weighted by molar-refractivity contribution is 7.17. The Labute approximate surface area is 153 Å². The van der Waals surface area contributed by atoms with E-state index < -0.39 is 36.1 Å². The number of imide groups is 1. The van der Waals surface area contributed by atoms with E-state index in [9.17, 15) is 27.6 Å². The van der Waals surface area contributed by atoms with E-state index in [1.165, 1.54) is 5.38 Å². The van der Waals surface area contributed by atoms with Crippen LogP contribution in [0.4, 0.5) is 23.8 Å². The Hall–Kier alpha value is -2.96. The van der Waals surface area contributed by atoms with Crippen molar-refractivity contribution in [3.63, 3.8) is 0 Å². The number of hydrogen-bond acceptors (Lipinski definition) is 8. The second-order valence-corrected chi connectivity index (χ2v) is 6.68. The summed E-state index contributed by atoms with van der Waals surface area (Å²) in [5, 5.41) is 1.53. The van der Waals surface area contributed by atoms with Crippen molar-refractivity contribution >= 4 is 45.3 Å². The van der Waals surface area contributed by atoms with Gasteiger partial charge in [-0.2, -0.15) is 13.2 Å². The van der Waals surface area contributed by atoms with Gasteiger partial charge in [-0.1, -0.05) is 0 Å². The first-order chi connectivity index (χ1) is 12.5. The fourth-order valence-corrected chi connectivity index (χ4v) is 3.76. The molecule has 4 N–H and O–H groups in total. The molecule has 3 rings (SSSR count). The van der Waals surface area contributed by atoms with Gasteiger partial charge in [0.2, 0.25) is 0 Å². The van der Waals surface area contributed by atoms with E-state index in [4.69, 9.17) is 11.5 Å². The molecule has 1 fully saturated rings. The molecule has 9 nitrogen and oxygen atoms in total. The summed E-state index contributed by atoms with van der Waals surface area (Å²) in [6, 6.07) is -1.15. The molecule has 1 saturated heterocycles. The predicted molar refractivity (Wildman–Crippen MR) is 86.3 cm³/mol. The number of halogens is 3. The van der Waals surface area contributed by atoms with E-state index in [2.05, 4.69) is 14.7 Å². The molecule has 2 aromatic heterocycles. The van der Waals surface area contributed by atoms with Crippen LogP contribution >= 0.6 is 11.3 Å². The lowest BCUT2D eigenvalue weighted by Crippen LogP contribution is -2.50. The number of likely N-dealkylation sites (tertiary alicyclic amines) is 1. The second-order valence-electron chi connectivity index (χ2n) is 5.80. The molecule has 13 heteroatoms. The molecule has 1 aliphatic heterocycles. The predicted octanol–water partition coefficient (Wildman–Crippen LogP) is 0.971. The molecule has 0 aromatic carbocycles. The molecule has 1 atom stereocenters. The zero-order valence-electron chi connectivity index (χ0n) is 13.4. The summed E-state index contributed by atoms with van der Waals surface area (Å²) in [5.41, 5.74) is 9.23. The first-order valence-electron chi connectivity index (χ1n) is 7.43. The molecule has 144 valence electrons. The van der Waals surface area contributed by atoms with Crippen molar-refractivity contribution < 1.29 is 32.3 Å². The number of carbonyl (C=O) groups is 3. The summed E-state index contributed by atoms with van der Waals surface area (Å²) in [6.07, 6.45) is -4.91. The molecule has 2 aromatic rings. The van der Waals surface area contributed by atoms with Crippen LogP contribution in [0.3, 0.4) is 0 Å². The number of hydrogen-bond donors (Lipinski definition) is 2. The fourth-order valence-electron chi connectivity index (χ4n) is 2.84. The molecule has 27 heavy (non-hydrogen) atoms. The number of rotatable bonds is 3. The summed E-state index contributed by atoms with van der Waals surface area (Å²) in [4.78, 5) is 43.7. The Kier molecular flexibility index (Phi) is 4.41. The van der Waals surface area contributed by atoms with E-state index in [0.717, 1.165) is 17.7 Å². The van der Waals surface area contributed by atoms with Crippen LogP contribution in [0.15, 0.2) is 11.7 Å². The van der Waals surface area contributed by atoms with E-state index >= 15 is 0 Å².